The predicted molar refractivity (Wildman–Crippen MR) is 156 cm³/mol. The topological polar surface area (TPSA) is 110 Å². The Morgan fingerprint density at radius 1 is 1.18 bits per heavy atom. The van der Waals surface area contributed by atoms with Gasteiger partial charge in [0.2, 0.25) is 0 Å². The number of hydrogen-bond donors (Lipinski definition) is 2. The van der Waals surface area contributed by atoms with Crippen molar-refractivity contribution in [2.45, 2.75) is 64.1 Å². The summed E-state index contributed by atoms with van der Waals surface area (Å²) < 4.78 is 37.5. The van der Waals surface area contributed by atoms with Crippen molar-refractivity contribution in [1.29, 1.82) is 0 Å². The Kier molecular flexibility index (Phi) is 7.87. The summed E-state index contributed by atoms with van der Waals surface area (Å²) in [6.45, 7) is 9.33. The van der Waals surface area contributed by atoms with E-state index in [1.54, 1.807) is 22.5 Å². The summed E-state index contributed by atoms with van der Waals surface area (Å²) in [6.07, 6.45) is -0.0824. The largest absolute Gasteiger partial charge is 0.487 e. The lowest BCUT2D eigenvalue weighted by atomic mass is 9.84. The molecule has 0 saturated carbocycles. The lowest BCUT2D eigenvalue weighted by Crippen LogP contribution is -2.33. The van der Waals surface area contributed by atoms with Crippen LogP contribution in [0, 0.1) is 13.8 Å². The number of aryl methyl sites for hydroxylation is 3. The number of nitrogens with zero attached hydrogens (tertiary/aromatic N) is 4. The molecule has 1 aromatic heterocycles. The van der Waals surface area contributed by atoms with Gasteiger partial charge in [0.05, 0.1) is 25.6 Å². The van der Waals surface area contributed by atoms with Crippen molar-refractivity contribution < 1.29 is 23.4 Å². The van der Waals surface area contributed by atoms with Crippen LogP contribution in [0.4, 0.5) is 0 Å². The number of esters is 1. The zero-order chi connectivity index (χ0) is 28.6. The zero-order valence-electron chi connectivity index (χ0n) is 23.5. The van der Waals surface area contributed by atoms with Crippen LogP contribution in [0.1, 0.15) is 54.0 Å². The van der Waals surface area contributed by atoms with E-state index < -0.39 is 10.8 Å². The number of aromatic nitrogens is 3. The first-order chi connectivity index (χ1) is 19.1. The van der Waals surface area contributed by atoms with Crippen molar-refractivity contribution in [3.63, 3.8) is 0 Å². The number of rotatable bonds is 7. The molecule has 0 saturated heterocycles. The van der Waals surface area contributed by atoms with Gasteiger partial charge in [0.25, 0.3) is 0 Å². The molecule has 0 bridgehead atoms. The van der Waals surface area contributed by atoms with E-state index >= 15 is 0 Å². The van der Waals surface area contributed by atoms with Crippen LogP contribution < -0.4 is 4.74 Å². The molecule has 0 aliphatic carbocycles. The van der Waals surface area contributed by atoms with Crippen LogP contribution in [0.3, 0.4) is 0 Å². The maximum Gasteiger partial charge on any atom is 0.306 e. The molecule has 2 N–H and O–H groups in total. The van der Waals surface area contributed by atoms with Gasteiger partial charge in [0.15, 0.2) is 0 Å². The van der Waals surface area contributed by atoms with Crippen molar-refractivity contribution in [2.24, 2.45) is 0 Å². The van der Waals surface area contributed by atoms with Gasteiger partial charge in [-0.1, -0.05) is 41.6 Å². The Labute approximate surface area is 236 Å². The highest BCUT2D eigenvalue weighted by Crippen LogP contribution is 2.57. The molecule has 5 rings (SSSR count). The van der Waals surface area contributed by atoms with Crippen LogP contribution in [0.15, 0.2) is 59.5 Å². The summed E-state index contributed by atoms with van der Waals surface area (Å²) in [4.78, 5) is 13.0. The lowest BCUT2D eigenvalue weighted by Gasteiger charge is -2.42. The second kappa shape index (κ2) is 11.2. The van der Waals surface area contributed by atoms with Gasteiger partial charge in [-0.05, 0) is 73.7 Å². The molecule has 10 heteroatoms. The van der Waals surface area contributed by atoms with Gasteiger partial charge in [-0.2, -0.15) is 4.31 Å². The van der Waals surface area contributed by atoms with Crippen LogP contribution in [0.5, 0.6) is 5.75 Å². The molecule has 1 aliphatic heterocycles. The molecule has 2 heterocycles. The van der Waals surface area contributed by atoms with E-state index in [9.17, 15) is 13.9 Å². The highest BCUT2D eigenvalue weighted by Gasteiger charge is 2.34. The average molecular weight is 565 g/mol. The second-order valence-electron chi connectivity index (χ2n) is 10.3. The summed E-state index contributed by atoms with van der Waals surface area (Å²) in [7, 11) is -1.89. The number of hydrogen-bond acceptors (Lipinski definition) is 8. The fraction of sp³-hybridized carbons (Fsp3) is 0.367. The Morgan fingerprint density at radius 3 is 2.70 bits per heavy atom. The first-order valence-corrected chi connectivity index (χ1v) is 14.9. The Morgan fingerprint density at radius 2 is 1.95 bits per heavy atom. The monoisotopic (exact) mass is 564 g/mol. The van der Waals surface area contributed by atoms with Gasteiger partial charge in [-0.3, -0.25) is 13.9 Å². The third-order valence-electron chi connectivity index (χ3n) is 7.67. The van der Waals surface area contributed by atoms with Gasteiger partial charge in [-0.25, -0.2) is 4.68 Å². The Balaban J connectivity index is 1.55. The number of carbonyl (C=O) groups excluding carboxylic acids is 1. The number of carbonyl (C=O) groups is 1. The van der Waals surface area contributed by atoms with Crippen molar-refractivity contribution in [1.82, 2.24) is 19.3 Å². The summed E-state index contributed by atoms with van der Waals surface area (Å²) in [5.41, 5.74) is 6.60. The highest BCUT2D eigenvalue weighted by atomic mass is 32.3. The molecule has 1 aliphatic rings. The van der Waals surface area contributed by atoms with Crippen molar-refractivity contribution in [3.05, 3.63) is 82.4 Å². The minimum absolute atomic E-state index is 0.157. The fourth-order valence-corrected chi connectivity index (χ4v) is 7.09. The van der Waals surface area contributed by atoms with Gasteiger partial charge in [-0.15, -0.1) is 15.9 Å². The number of methoxy groups -OCH3 is 1. The quantitative estimate of drug-likeness (QED) is 0.260. The van der Waals surface area contributed by atoms with Crippen LogP contribution >= 0.6 is 10.8 Å². The Hall–Kier alpha value is -3.44. The standard InChI is InChI=1S/C30H36N4O5S/c1-6-34-26-14-13-24(21(4)30(26)31-32-34)25(16-29(35)38-5)22-12-11-19(2)23(15-22)18-33-17-20(3)39-27-9-7-8-10-28(27)40(33,36)37/h7-15,20,25,36-37H,6,16-18H2,1-5H3/t20-,25?/m1/s1. The maximum atomic E-state index is 12.6. The van der Waals surface area contributed by atoms with E-state index in [-0.39, 0.29) is 24.4 Å². The van der Waals surface area contributed by atoms with E-state index in [0.717, 1.165) is 38.9 Å². The summed E-state index contributed by atoms with van der Waals surface area (Å²) >= 11 is 0. The van der Waals surface area contributed by atoms with E-state index in [1.165, 1.54) is 7.11 Å². The molecule has 4 aromatic rings. The second-order valence-corrected chi connectivity index (χ2v) is 12.3. The van der Waals surface area contributed by atoms with E-state index in [0.29, 0.717) is 30.3 Å². The minimum atomic E-state index is -3.29. The molecule has 0 radical (unpaired) electrons. The molecule has 3 aromatic carbocycles. The molecule has 9 nitrogen and oxygen atoms in total. The lowest BCUT2D eigenvalue weighted by molar-refractivity contribution is -0.140. The molecular weight excluding hydrogens is 528 g/mol. The SMILES string of the molecule is CCn1nnc2c(C)c(C(CC(=O)OC)c3ccc(C)c(CN4C[C@@H](C)Oc5ccccc5S4(O)O)c3)ccc21. The van der Waals surface area contributed by atoms with E-state index in [1.807, 2.05) is 62.7 Å². The smallest absolute Gasteiger partial charge is 0.306 e. The molecule has 0 fully saturated rings. The fourth-order valence-electron chi connectivity index (χ4n) is 5.43. The first kappa shape index (κ1) is 28.1. The van der Waals surface area contributed by atoms with Gasteiger partial charge in [0, 0.05) is 19.0 Å². The summed E-state index contributed by atoms with van der Waals surface area (Å²) in [6, 6.07) is 17.2. The molecule has 0 spiro atoms. The van der Waals surface area contributed by atoms with Gasteiger partial charge in [0.1, 0.15) is 22.3 Å². The minimum Gasteiger partial charge on any atom is -0.487 e. The van der Waals surface area contributed by atoms with E-state index in [4.69, 9.17) is 9.47 Å². The summed E-state index contributed by atoms with van der Waals surface area (Å²) in [5.74, 6) is -0.101. The number of para-hydroxylation sites is 1. The highest BCUT2D eigenvalue weighted by molar-refractivity contribution is 8.22. The first-order valence-electron chi connectivity index (χ1n) is 13.4. The number of fused-ring (bicyclic) bond motifs is 2. The van der Waals surface area contributed by atoms with Gasteiger partial charge < -0.3 is 9.47 Å². The van der Waals surface area contributed by atoms with Crippen LogP contribution in [-0.4, -0.2) is 54.1 Å². The number of benzene rings is 3. The normalized spacial score (nSPS) is 18.4. The molecule has 0 amide bonds. The molecule has 1 unspecified atom stereocenters. The Bertz CT molecular complexity index is 1550. The van der Waals surface area contributed by atoms with Crippen molar-refractivity contribution >= 4 is 27.8 Å². The van der Waals surface area contributed by atoms with Gasteiger partial charge >= 0.3 is 5.97 Å². The molecule has 40 heavy (non-hydrogen) atoms. The van der Waals surface area contributed by atoms with E-state index in [2.05, 4.69) is 16.4 Å². The van der Waals surface area contributed by atoms with Crippen LogP contribution in [0.2, 0.25) is 0 Å². The third kappa shape index (κ3) is 5.19. The van der Waals surface area contributed by atoms with Crippen molar-refractivity contribution in [3.8, 4) is 5.75 Å². The van der Waals surface area contributed by atoms with Crippen molar-refractivity contribution in [2.75, 3.05) is 13.7 Å². The average Bonchev–Trinajstić information content (AvgIpc) is 3.33. The van der Waals surface area contributed by atoms with Crippen LogP contribution in [-0.2, 0) is 22.6 Å². The predicted octanol–water partition coefficient (Wildman–Crippen LogP) is 6.07. The molecular formula is C30H36N4O5S. The van der Waals surface area contributed by atoms with Crippen LogP contribution in [0.25, 0.3) is 11.0 Å². The zero-order valence-corrected chi connectivity index (χ0v) is 24.3. The maximum absolute atomic E-state index is 12.6. The molecule has 2 atom stereocenters. The number of ether oxygens (including phenoxy) is 2. The third-order valence-corrected chi connectivity index (χ3v) is 9.60. The molecule has 212 valence electrons. The summed E-state index contributed by atoms with van der Waals surface area (Å²) in [5, 5.41) is 8.68.